The molecule has 0 atom stereocenters. The molecule has 2 rings (SSSR count). The zero-order chi connectivity index (χ0) is 12.6. The Labute approximate surface area is 96.7 Å². The van der Waals surface area contributed by atoms with E-state index in [0.717, 1.165) is 12.1 Å². The molecular weight excluding hydrogens is 226 g/mol. The van der Waals surface area contributed by atoms with E-state index in [2.05, 4.69) is 5.10 Å². The van der Waals surface area contributed by atoms with Crippen LogP contribution < -0.4 is 0 Å². The fourth-order valence-corrected chi connectivity index (χ4v) is 1.51. The molecule has 0 saturated heterocycles. The molecule has 0 aliphatic carbocycles. The molecule has 0 spiro atoms. The number of carbonyl (C=O) groups is 1. The summed E-state index contributed by atoms with van der Waals surface area (Å²) in [4.78, 5) is 12.0. The van der Waals surface area contributed by atoms with Crippen molar-refractivity contribution in [3.8, 4) is 0 Å². The van der Waals surface area contributed by atoms with Gasteiger partial charge in [-0.1, -0.05) is 0 Å². The first-order chi connectivity index (χ1) is 8.00. The van der Waals surface area contributed by atoms with Gasteiger partial charge in [-0.2, -0.15) is 5.10 Å². The maximum Gasteiger partial charge on any atom is 0.196 e. The molecule has 0 aliphatic rings. The van der Waals surface area contributed by atoms with Crippen molar-refractivity contribution in [2.75, 3.05) is 0 Å². The number of rotatable bonds is 2. The van der Waals surface area contributed by atoms with Crippen LogP contribution in [0, 0.1) is 18.6 Å². The van der Waals surface area contributed by atoms with Crippen LogP contribution >= 0.6 is 0 Å². The van der Waals surface area contributed by atoms with Gasteiger partial charge in [-0.3, -0.25) is 9.48 Å². The summed E-state index contributed by atoms with van der Waals surface area (Å²) in [5.74, 6) is -2.36. The number of halogens is 2. The molecule has 0 amide bonds. The van der Waals surface area contributed by atoms with Gasteiger partial charge >= 0.3 is 0 Å². The number of hydrogen-bond acceptors (Lipinski definition) is 2. The number of benzene rings is 1. The Balaban J connectivity index is 2.44. The third-order valence-corrected chi connectivity index (χ3v) is 2.66. The van der Waals surface area contributed by atoms with Gasteiger partial charge in [0.2, 0.25) is 0 Å². The Morgan fingerprint density at radius 1 is 1.29 bits per heavy atom. The lowest BCUT2D eigenvalue weighted by molar-refractivity contribution is 0.103. The van der Waals surface area contributed by atoms with E-state index in [4.69, 9.17) is 0 Å². The molecule has 1 aromatic heterocycles. The number of carbonyl (C=O) groups excluding carboxylic acids is 1. The number of aromatic nitrogens is 2. The van der Waals surface area contributed by atoms with Crippen molar-refractivity contribution in [2.45, 2.75) is 6.92 Å². The third kappa shape index (κ3) is 1.95. The van der Waals surface area contributed by atoms with E-state index >= 15 is 0 Å². The molecule has 0 saturated carbocycles. The second-order valence-corrected chi connectivity index (χ2v) is 3.73. The maximum atomic E-state index is 13.0. The molecule has 2 aromatic rings. The predicted octanol–water partition coefficient (Wildman–Crippen LogP) is 2.24. The second kappa shape index (κ2) is 4.08. The predicted molar refractivity (Wildman–Crippen MR) is 57.7 cm³/mol. The van der Waals surface area contributed by atoms with E-state index in [1.807, 2.05) is 0 Å². The minimum atomic E-state index is -1.03. The van der Waals surface area contributed by atoms with Crippen molar-refractivity contribution in [2.24, 2.45) is 7.05 Å². The highest BCUT2D eigenvalue weighted by atomic mass is 19.2. The van der Waals surface area contributed by atoms with Crippen LogP contribution in [0.15, 0.2) is 24.4 Å². The Hall–Kier alpha value is -2.04. The van der Waals surface area contributed by atoms with Gasteiger partial charge in [-0.25, -0.2) is 8.78 Å². The quantitative estimate of drug-likeness (QED) is 0.749. The van der Waals surface area contributed by atoms with Crippen LogP contribution in [0.2, 0.25) is 0 Å². The average Bonchev–Trinajstić information content (AvgIpc) is 2.63. The zero-order valence-electron chi connectivity index (χ0n) is 9.37. The van der Waals surface area contributed by atoms with Crippen molar-refractivity contribution in [3.63, 3.8) is 0 Å². The number of ketones is 1. The lowest BCUT2D eigenvalue weighted by Gasteiger charge is -2.01. The maximum absolute atomic E-state index is 13.0. The molecule has 0 unspecified atom stereocenters. The SMILES string of the molecule is Cc1c(C(=O)c2ccc(F)c(F)c2)cnn1C. The second-order valence-electron chi connectivity index (χ2n) is 3.73. The zero-order valence-corrected chi connectivity index (χ0v) is 9.37. The molecule has 88 valence electrons. The summed E-state index contributed by atoms with van der Waals surface area (Å²) in [6.07, 6.45) is 1.42. The Morgan fingerprint density at radius 2 is 2.00 bits per heavy atom. The molecular formula is C12H10F2N2O. The standard InChI is InChI=1S/C12H10F2N2O/c1-7-9(6-15-16(7)2)12(17)8-3-4-10(13)11(14)5-8/h3-6H,1-2H3. The molecule has 0 aliphatic heterocycles. The Bertz CT molecular complexity index is 590. The van der Waals surface area contributed by atoms with Crippen LogP contribution in [0.3, 0.4) is 0 Å². The van der Waals surface area contributed by atoms with Gasteiger partial charge in [0.1, 0.15) is 0 Å². The monoisotopic (exact) mass is 236 g/mol. The Kier molecular flexibility index (Phi) is 2.75. The van der Waals surface area contributed by atoms with Gasteiger partial charge in [-0.15, -0.1) is 0 Å². The van der Waals surface area contributed by atoms with E-state index in [0.29, 0.717) is 11.3 Å². The lowest BCUT2D eigenvalue weighted by atomic mass is 10.0. The minimum Gasteiger partial charge on any atom is -0.288 e. The highest BCUT2D eigenvalue weighted by Crippen LogP contribution is 2.15. The fourth-order valence-electron chi connectivity index (χ4n) is 1.51. The number of aryl methyl sites for hydroxylation is 1. The highest BCUT2D eigenvalue weighted by molar-refractivity contribution is 6.09. The van der Waals surface area contributed by atoms with Gasteiger partial charge in [-0.05, 0) is 25.1 Å². The van der Waals surface area contributed by atoms with Crippen LogP contribution in [0.1, 0.15) is 21.6 Å². The van der Waals surface area contributed by atoms with Crippen molar-refractivity contribution < 1.29 is 13.6 Å². The largest absolute Gasteiger partial charge is 0.288 e. The molecule has 17 heavy (non-hydrogen) atoms. The van der Waals surface area contributed by atoms with Crippen LogP contribution in [-0.2, 0) is 7.05 Å². The molecule has 1 aromatic carbocycles. The summed E-state index contributed by atoms with van der Waals surface area (Å²) in [5, 5.41) is 3.93. The summed E-state index contributed by atoms with van der Waals surface area (Å²) in [7, 11) is 1.71. The third-order valence-electron chi connectivity index (χ3n) is 2.66. The number of nitrogens with zero attached hydrogens (tertiary/aromatic N) is 2. The van der Waals surface area contributed by atoms with Gasteiger partial charge in [0, 0.05) is 18.3 Å². The Morgan fingerprint density at radius 3 is 2.53 bits per heavy atom. The van der Waals surface area contributed by atoms with Crippen LogP contribution in [0.25, 0.3) is 0 Å². The normalized spacial score (nSPS) is 10.6. The molecule has 0 fully saturated rings. The van der Waals surface area contributed by atoms with E-state index in [1.165, 1.54) is 12.3 Å². The summed E-state index contributed by atoms with van der Waals surface area (Å²) in [6.45, 7) is 1.74. The summed E-state index contributed by atoms with van der Waals surface area (Å²) >= 11 is 0. The van der Waals surface area contributed by atoms with E-state index in [-0.39, 0.29) is 11.3 Å². The van der Waals surface area contributed by atoms with Gasteiger partial charge in [0.15, 0.2) is 17.4 Å². The van der Waals surface area contributed by atoms with Crippen molar-refractivity contribution >= 4 is 5.78 Å². The highest BCUT2D eigenvalue weighted by Gasteiger charge is 2.16. The van der Waals surface area contributed by atoms with Gasteiger partial charge < -0.3 is 0 Å². The van der Waals surface area contributed by atoms with Crippen molar-refractivity contribution in [1.29, 1.82) is 0 Å². The fraction of sp³-hybridized carbons (Fsp3) is 0.167. The van der Waals surface area contributed by atoms with Gasteiger partial charge in [0.25, 0.3) is 0 Å². The first kappa shape index (κ1) is 11.4. The minimum absolute atomic E-state index is 0.111. The average molecular weight is 236 g/mol. The van der Waals surface area contributed by atoms with E-state index in [9.17, 15) is 13.6 Å². The molecule has 1 heterocycles. The molecule has 0 N–H and O–H groups in total. The van der Waals surface area contributed by atoms with E-state index < -0.39 is 11.6 Å². The summed E-state index contributed by atoms with van der Waals surface area (Å²) < 4.78 is 27.3. The van der Waals surface area contributed by atoms with Crippen LogP contribution in [-0.4, -0.2) is 15.6 Å². The van der Waals surface area contributed by atoms with E-state index in [1.54, 1.807) is 18.7 Å². The molecule has 5 heteroatoms. The molecule has 3 nitrogen and oxygen atoms in total. The summed E-state index contributed by atoms with van der Waals surface area (Å²) in [5.41, 5.74) is 1.18. The first-order valence-corrected chi connectivity index (χ1v) is 4.99. The topological polar surface area (TPSA) is 34.9 Å². The van der Waals surface area contributed by atoms with Crippen molar-refractivity contribution in [3.05, 3.63) is 52.9 Å². The summed E-state index contributed by atoms with van der Waals surface area (Å²) in [6, 6.07) is 3.09. The molecule has 0 bridgehead atoms. The van der Waals surface area contributed by atoms with Crippen LogP contribution in [0.5, 0.6) is 0 Å². The van der Waals surface area contributed by atoms with Crippen molar-refractivity contribution in [1.82, 2.24) is 9.78 Å². The lowest BCUT2D eigenvalue weighted by Crippen LogP contribution is -2.04. The van der Waals surface area contributed by atoms with Gasteiger partial charge in [0.05, 0.1) is 11.8 Å². The van der Waals surface area contributed by atoms with Crippen LogP contribution in [0.4, 0.5) is 8.78 Å². The number of hydrogen-bond donors (Lipinski definition) is 0. The molecule has 0 radical (unpaired) electrons. The smallest absolute Gasteiger partial charge is 0.196 e. The first-order valence-electron chi connectivity index (χ1n) is 4.99.